The van der Waals surface area contributed by atoms with Crippen LogP contribution in [0.2, 0.25) is 0 Å². The van der Waals surface area contributed by atoms with Gasteiger partial charge in [0.05, 0.1) is 11.4 Å². The van der Waals surface area contributed by atoms with Gasteiger partial charge in [0.2, 0.25) is 10.0 Å². The molecule has 5 nitrogen and oxygen atoms in total. The Morgan fingerprint density at radius 3 is 2.33 bits per heavy atom. The van der Waals surface area contributed by atoms with Gasteiger partial charge in [-0.3, -0.25) is 4.68 Å². The molecule has 0 saturated heterocycles. The van der Waals surface area contributed by atoms with E-state index >= 15 is 0 Å². The van der Waals surface area contributed by atoms with Crippen LogP contribution < -0.4 is 4.72 Å². The van der Waals surface area contributed by atoms with Crippen molar-refractivity contribution in [1.29, 1.82) is 0 Å². The number of rotatable bonds is 5. The molecule has 2 unspecified atom stereocenters. The standard InChI is InChI=1S/C11H20BrN3O2S/c1-7(6-12)8(2)14-18(16,17)11-9(3)13-15(5)10(11)4/h7-8,14H,6H2,1-5H3. The number of hydrogen-bond donors (Lipinski definition) is 1. The second kappa shape index (κ2) is 5.71. The van der Waals surface area contributed by atoms with Crippen LogP contribution in [0.1, 0.15) is 25.2 Å². The monoisotopic (exact) mass is 337 g/mol. The van der Waals surface area contributed by atoms with Gasteiger partial charge >= 0.3 is 0 Å². The first-order valence-corrected chi connectivity index (χ1v) is 8.39. The van der Waals surface area contributed by atoms with Crippen molar-refractivity contribution in [1.82, 2.24) is 14.5 Å². The molecule has 0 amide bonds. The lowest BCUT2D eigenvalue weighted by atomic mass is 10.1. The fraction of sp³-hybridized carbons (Fsp3) is 0.727. The summed E-state index contributed by atoms with van der Waals surface area (Å²) >= 11 is 3.36. The van der Waals surface area contributed by atoms with E-state index in [-0.39, 0.29) is 12.0 Å². The van der Waals surface area contributed by atoms with Gasteiger partial charge in [0.15, 0.2) is 0 Å². The van der Waals surface area contributed by atoms with E-state index in [4.69, 9.17) is 0 Å². The Kier molecular flexibility index (Phi) is 4.97. The number of alkyl halides is 1. The summed E-state index contributed by atoms with van der Waals surface area (Å²) < 4.78 is 29.0. The van der Waals surface area contributed by atoms with Gasteiger partial charge in [0.25, 0.3) is 0 Å². The van der Waals surface area contributed by atoms with Crippen molar-refractivity contribution in [3.05, 3.63) is 11.4 Å². The lowest BCUT2D eigenvalue weighted by molar-refractivity contribution is 0.484. The summed E-state index contributed by atoms with van der Waals surface area (Å²) in [4.78, 5) is 0.290. The Labute approximate surface area is 117 Å². The summed E-state index contributed by atoms with van der Waals surface area (Å²) in [7, 11) is -1.77. The molecule has 0 aliphatic rings. The predicted octanol–water partition coefficient (Wildman–Crippen LogP) is 1.73. The number of aromatic nitrogens is 2. The Morgan fingerprint density at radius 2 is 1.94 bits per heavy atom. The molecule has 7 heteroatoms. The Bertz CT molecular complexity index is 525. The lowest BCUT2D eigenvalue weighted by Gasteiger charge is -2.19. The second-order valence-corrected chi connectivity index (χ2v) is 6.96. The highest BCUT2D eigenvalue weighted by Gasteiger charge is 2.26. The van der Waals surface area contributed by atoms with Gasteiger partial charge < -0.3 is 0 Å². The number of aryl methyl sites for hydroxylation is 2. The van der Waals surface area contributed by atoms with Crippen LogP contribution in [-0.4, -0.2) is 29.6 Å². The third-order valence-electron chi connectivity index (χ3n) is 3.15. The van der Waals surface area contributed by atoms with Gasteiger partial charge in [-0.25, -0.2) is 13.1 Å². The maximum atomic E-state index is 12.3. The normalized spacial score (nSPS) is 15.7. The van der Waals surface area contributed by atoms with E-state index in [0.717, 1.165) is 5.33 Å². The number of hydrogen-bond acceptors (Lipinski definition) is 3. The zero-order chi connectivity index (χ0) is 14.1. The minimum absolute atomic E-state index is 0.131. The van der Waals surface area contributed by atoms with E-state index in [1.165, 1.54) is 0 Å². The fourth-order valence-electron chi connectivity index (χ4n) is 1.70. The van der Waals surface area contributed by atoms with Gasteiger partial charge in [-0.1, -0.05) is 22.9 Å². The first-order valence-electron chi connectivity index (χ1n) is 5.79. The van der Waals surface area contributed by atoms with Crippen LogP contribution in [0, 0.1) is 19.8 Å². The summed E-state index contributed by atoms with van der Waals surface area (Å²) in [6, 6.07) is -0.131. The molecule has 1 heterocycles. The molecule has 1 aromatic heterocycles. The third-order valence-corrected chi connectivity index (χ3v) is 5.98. The van der Waals surface area contributed by atoms with E-state index in [9.17, 15) is 8.42 Å². The van der Waals surface area contributed by atoms with Gasteiger partial charge in [-0.2, -0.15) is 5.10 Å². The summed E-state index contributed by atoms with van der Waals surface area (Å²) in [6.07, 6.45) is 0. The minimum Gasteiger partial charge on any atom is -0.271 e. The van der Waals surface area contributed by atoms with E-state index in [0.29, 0.717) is 16.3 Å². The first kappa shape index (κ1) is 15.7. The molecule has 0 saturated carbocycles. The molecule has 1 rings (SSSR count). The van der Waals surface area contributed by atoms with Crippen molar-refractivity contribution < 1.29 is 8.42 Å². The highest BCUT2D eigenvalue weighted by atomic mass is 79.9. The molecule has 0 aliphatic heterocycles. The smallest absolute Gasteiger partial charge is 0.244 e. The molecule has 18 heavy (non-hydrogen) atoms. The Hall–Kier alpha value is -0.400. The average molecular weight is 338 g/mol. The largest absolute Gasteiger partial charge is 0.271 e. The molecule has 0 fully saturated rings. The van der Waals surface area contributed by atoms with Crippen LogP contribution in [0.5, 0.6) is 0 Å². The van der Waals surface area contributed by atoms with Gasteiger partial charge in [0, 0.05) is 18.4 Å². The highest BCUT2D eigenvalue weighted by molar-refractivity contribution is 9.09. The molecule has 0 aromatic carbocycles. The topological polar surface area (TPSA) is 64.0 Å². The highest BCUT2D eigenvalue weighted by Crippen LogP contribution is 2.19. The van der Waals surface area contributed by atoms with Crippen molar-refractivity contribution in [3.8, 4) is 0 Å². The van der Waals surface area contributed by atoms with Crippen molar-refractivity contribution in [3.63, 3.8) is 0 Å². The van der Waals surface area contributed by atoms with Crippen LogP contribution in [0.15, 0.2) is 4.90 Å². The lowest BCUT2D eigenvalue weighted by Crippen LogP contribution is -2.38. The van der Waals surface area contributed by atoms with Crippen LogP contribution >= 0.6 is 15.9 Å². The number of halogens is 1. The molecule has 0 aliphatic carbocycles. The molecule has 1 N–H and O–H groups in total. The maximum Gasteiger partial charge on any atom is 0.244 e. The Balaban J connectivity index is 3.08. The maximum absolute atomic E-state index is 12.3. The quantitative estimate of drug-likeness (QED) is 0.832. The fourth-order valence-corrected chi connectivity index (χ4v) is 4.05. The molecule has 1 aromatic rings. The summed E-state index contributed by atoms with van der Waals surface area (Å²) in [5.41, 5.74) is 1.18. The molecule has 0 bridgehead atoms. The van der Waals surface area contributed by atoms with Crippen molar-refractivity contribution >= 4 is 26.0 Å². The second-order valence-electron chi connectivity index (χ2n) is 4.67. The van der Waals surface area contributed by atoms with E-state index < -0.39 is 10.0 Å². The molecule has 0 spiro atoms. The third kappa shape index (κ3) is 3.13. The SMILES string of the molecule is Cc1nn(C)c(C)c1S(=O)(=O)NC(C)C(C)CBr. The van der Waals surface area contributed by atoms with Crippen LogP contribution in [-0.2, 0) is 17.1 Å². The average Bonchev–Trinajstić information content (AvgIpc) is 2.51. The number of nitrogens with one attached hydrogen (secondary N) is 1. The number of sulfonamides is 1. The molecular formula is C11H20BrN3O2S. The zero-order valence-electron chi connectivity index (χ0n) is 11.4. The first-order chi connectivity index (χ1) is 8.20. The van der Waals surface area contributed by atoms with Crippen molar-refractivity contribution in [2.45, 2.75) is 38.6 Å². The van der Waals surface area contributed by atoms with Gasteiger partial charge in [-0.05, 0) is 26.7 Å². The van der Waals surface area contributed by atoms with Crippen molar-refractivity contribution in [2.24, 2.45) is 13.0 Å². The predicted molar refractivity (Wildman–Crippen MR) is 75.4 cm³/mol. The van der Waals surface area contributed by atoms with E-state index in [1.807, 2.05) is 13.8 Å². The van der Waals surface area contributed by atoms with Gasteiger partial charge in [-0.15, -0.1) is 0 Å². The van der Waals surface area contributed by atoms with E-state index in [2.05, 4.69) is 25.8 Å². The molecule has 2 atom stereocenters. The van der Waals surface area contributed by atoms with Crippen molar-refractivity contribution in [2.75, 3.05) is 5.33 Å². The Morgan fingerprint density at radius 1 is 1.39 bits per heavy atom. The molecular weight excluding hydrogens is 318 g/mol. The number of nitrogens with zero attached hydrogens (tertiary/aromatic N) is 2. The van der Waals surface area contributed by atoms with Crippen LogP contribution in [0.4, 0.5) is 0 Å². The molecule has 0 radical (unpaired) electrons. The summed E-state index contributed by atoms with van der Waals surface area (Å²) in [5, 5.41) is 4.89. The zero-order valence-corrected chi connectivity index (χ0v) is 13.8. The minimum atomic E-state index is -3.51. The summed E-state index contributed by atoms with van der Waals surface area (Å²) in [5.74, 6) is 0.219. The molecule has 104 valence electrons. The van der Waals surface area contributed by atoms with E-state index in [1.54, 1.807) is 25.6 Å². The summed E-state index contributed by atoms with van der Waals surface area (Å²) in [6.45, 7) is 7.32. The van der Waals surface area contributed by atoms with Crippen LogP contribution in [0.25, 0.3) is 0 Å². The van der Waals surface area contributed by atoms with Gasteiger partial charge in [0.1, 0.15) is 4.90 Å². The van der Waals surface area contributed by atoms with Crippen LogP contribution in [0.3, 0.4) is 0 Å².